The van der Waals surface area contributed by atoms with Crippen LogP contribution in [-0.4, -0.2) is 80.7 Å². The summed E-state index contributed by atoms with van der Waals surface area (Å²) in [6, 6.07) is 2.54. The molecule has 1 fully saturated rings. The molecule has 2 N–H and O–H groups in total. The molecule has 2 aliphatic rings. The third kappa shape index (κ3) is 5.46. The van der Waals surface area contributed by atoms with Gasteiger partial charge in [-0.25, -0.2) is 0 Å². The van der Waals surface area contributed by atoms with E-state index >= 15 is 0 Å². The molecule has 0 aromatic carbocycles. The Labute approximate surface area is 172 Å². The number of aliphatic imine (C=N–C) groups is 1. The van der Waals surface area contributed by atoms with Gasteiger partial charge in [-0.3, -0.25) is 14.7 Å². The topological polar surface area (TPSA) is 69.2 Å². The average Bonchev–Trinajstić information content (AvgIpc) is 3.18. The number of ether oxygens (including phenoxy) is 1. The van der Waals surface area contributed by atoms with E-state index in [1.165, 1.54) is 10.4 Å². The maximum Gasteiger partial charge on any atom is 0.242 e. The standard InChI is InChI=1S/C20H33N5O2S/c1-15(2)17(24-7-9-27-10-8-24)12-22-20(21-3)23-13-19(26)25-6-4-18-16(14-25)5-11-28-18/h5,11,15,17H,4,6-10,12-14H2,1-3H3,(H2,21,22,23). The zero-order chi connectivity index (χ0) is 19.9. The summed E-state index contributed by atoms with van der Waals surface area (Å²) >= 11 is 1.79. The molecule has 156 valence electrons. The van der Waals surface area contributed by atoms with Gasteiger partial charge in [0.05, 0.1) is 19.8 Å². The largest absolute Gasteiger partial charge is 0.379 e. The highest BCUT2D eigenvalue weighted by atomic mass is 32.1. The van der Waals surface area contributed by atoms with Crippen LogP contribution in [0.5, 0.6) is 0 Å². The van der Waals surface area contributed by atoms with Crippen LogP contribution >= 0.6 is 11.3 Å². The van der Waals surface area contributed by atoms with E-state index in [0.29, 0.717) is 17.9 Å². The molecule has 1 saturated heterocycles. The van der Waals surface area contributed by atoms with Crippen molar-refractivity contribution in [3.63, 3.8) is 0 Å². The van der Waals surface area contributed by atoms with E-state index in [0.717, 1.165) is 52.4 Å². The lowest BCUT2D eigenvalue weighted by atomic mass is 10.0. The van der Waals surface area contributed by atoms with Crippen LogP contribution in [0.1, 0.15) is 24.3 Å². The molecule has 1 amide bonds. The molecule has 0 aliphatic carbocycles. The smallest absolute Gasteiger partial charge is 0.242 e. The molecule has 2 aliphatic heterocycles. The van der Waals surface area contributed by atoms with Crippen molar-refractivity contribution >= 4 is 23.2 Å². The van der Waals surface area contributed by atoms with E-state index in [4.69, 9.17) is 4.74 Å². The Morgan fingerprint density at radius 3 is 2.79 bits per heavy atom. The number of morpholine rings is 1. The molecule has 0 saturated carbocycles. The lowest BCUT2D eigenvalue weighted by molar-refractivity contribution is -0.130. The van der Waals surface area contributed by atoms with Crippen molar-refractivity contribution in [1.82, 2.24) is 20.4 Å². The lowest BCUT2D eigenvalue weighted by Crippen LogP contribution is -2.53. The molecule has 1 unspecified atom stereocenters. The number of hydrogen-bond donors (Lipinski definition) is 2. The second-order valence-corrected chi connectivity index (χ2v) is 8.70. The van der Waals surface area contributed by atoms with Crippen LogP contribution in [0.4, 0.5) is 0 Å². The number of amides is 1. The summed E-state index contributed by atoms with van der Waals surface area (Å²) in [6.07, 6.45) is 0.960. The van der Waals surface area contributed by atoms with Gasteiger partial charge in [0.1, 0.15) is 0 Å². The van der Waals surface area contributed by atoms with Crippen LogP contribution in [0.2, 0.25) is 0 Å². The van der Waals surface area contributed by atoms with Crippen molar-refractivity contribution in [2.45, 2.75) is 32.9 Å². The Morgan fingerprint density at radius 1 is 1.29 bits per heavy atom. The predicted octanol–water partition coefficient (Wildman–Crippen LogP) is 1.15. The average molecular weight is 408 g/mol. The van der Waals surface area contributed by atoms with Gasteiger partial charge in [-0.15, -0.1) is 11.3 Å². The highest BCUT2D eigenvalue weighted by Gasteiger charge is 2.24. The zero-order valence-electron chi connectivity index (χ0n) is 17.2. The Hall–Kier alpha value is -1.64. The SMILES string of the molecule is CN=C(NCC(=O)N1CCc2sccc2C1)NCC(C(C)C)N1CCOCC1. The zero-order valence-corrected chi connectivity index (χ0v) is 18.1. The van der Waals surface area contributed by atoms with Crippen LogP contribution < -0.4 is 10.6 Å². The van der Waals surface area contributed by atoms with E-state index in [9.17, 15) is 4.79 Å². The summed E-state index contributed by atoms with van der Waals surface area (Å²) in [5, 5.41) is 8.71. The lowest BCUT2D eigenvalue weighted by Gasteiger charge is -2.37. The maximum atomic E-state index is 12.6. The Bertz CT molecular complexity index is 669. The fraction of sp³-hybridized carbons (Fsp3) is 0.700. The summed E-state index contributed by atoms with van der Waals surface area (Å²) in [7, 11) is 1.75. The maximum absolute atomic E-state index is 12.6. The third-order valence-corrected chi connectivity index (χ3v) is 6.58. The molecule has 0 radical (unpaired) electrons. The van der Waals surface area contributed by atoms with Crippen molar-refractivity contribution in [3.05, 3.63) is 21.9 Å². The first kappa shape index (κ1) is 21.1. The minimum atomic E-state index is 0.119. The fourth-order valence-electron chi connectivity index (χ4n) is 3.85. The Morgan fingerprint density at radius 2 is 2.07 bits per heavy atom. The molecule has 0 spiro atoms. The van der Waals surface area contributed by atoms with E-state index in [1.807, 2.05) is 4.90 Å². The molecule has 1 aromatic rings. The predicted molar refractivity (Wildman–Crippen MR) is 114 cm³/mol. The van der Waals surface area contributed by atoms with Crippen LogP contribution in [0.15, 0.2) is 16.4 Å². The van der Waals surface area contributed by atoms with Gasteiger partial charge in [0.2, 0.25) is 5.91 Å². The minimum absolute atomic E-state index is 0.119. The highest BCUT2D eigenvalue weighted by Crippen LogP contribution is 2.23. The van der Waals surface area contributed by atoms with E-state index in [2.05, 4.69) is 45.8 Å². The Kier molecular flexibility index (Phi) is 7.70. The monoisotopic (exact) mass is 407 g/mol. The first-order valence-corrected chi connectivity index (χ1v) is 11.1. The Balaban J connectivity index is 1.45. The van der Waals surface area contributed by atoms with Gasteiger partial charge in [0.25, 0.3) is 0 Å². The normalized spacial score (nSPS) is 19.4. The molecular formula is C20H33N5O2S. The van der Waals surface area contributed by atoms with Gasteiger partial charge in [-0.05, 0) is 29.3 Å². The molecule has 3 rings (SSSR count). The fourth-order valence-corrected chi connectivity index (χ4v) is 4.74. The van der Waals surface area contributed by atoms with Crippen LogP contribution in [0, 0.1) is 5.92 Å². The molecule has 1 atom stereocenters. The van der Waals surface area contributed by atoms with Gasteiger partial charge in [0, 0.05) is 50.7 Å². The van der Waals surface area contributed by atoms with Crippen LogP contribution in [0.3, 0.4) is 0 Å². The van der Waals surface area contributed by atoms with Gasteiger partial charge >= 0.3 is 0 Å². The third-order valence-electron chi connectivity index (χ3n) is 5.55. The molecule has 3 heterocycles. The number of guanidine groups is 1. The van der Waals surface area contributed by atoms with Gasteiger partial charge in [0.15, 0.2) is 5.96 Å². The summed E-state index contributed by atoms with van der Waals surface area (Å²) in [4.78, 5) is 22.7. The van der Waals surface area contributed by atoms with Gasteiger partial charge < -0.3 is 20.3 Å². The second-order valence-electron chi connectivity index (χ2n) is 7.70. The molecule has 8 heteroatoms. The number of carbonyl (C=O) groups excluding carboxylic acids is 1. The van der Waals surface area contributed by atoms with Gasteiger partial charge in [-0.2, -0.15) is 0 Å². The summed E-state index contributed by atoms with van der Waals surface area (Å²) < 4.78 is 5.48. The number of rotatable bonds is 6. The summed E-state index contributed by atoms with van der Waals surface area (Å²) in [6.45, 7) is 10.6. The van der Waals surface area contributed by atoms with Crippen molar-refractivity contribution in [2.75, 3.05) is 53.0 Å². The van der Waals surface area contributed by atoms with Crippen LogP contribution in [0.25, 0.3) is 0 Å². The van der Waals surface area contributed by atoms with E-state index in [-0.39, 0.29) is 12.5 Å². The minimum Gasteiger partial charge on any atom is -0.379 e. The summed E-state index contributed by atoms with van der Waals surface area (Å²) in [5.41, 5.74) is 1.29. The quantitative estimate of drug-likeness (QED) is 0.547. The van der Waals surface area contributed by atoms with E-state index < -0.39 is 0 Å². The highest BCUT2D eigenvalue weighted by molar-refractivity contribution is 7.10. The first-order valence-electron chi connectivity index (χ1n) is 10.2. The molecular weight excluding hydrogens is 374 g/mol. The van der Waals surface area contributed by atoms with Crippen molar-refractivity contribution in [1.29, 1.82) is 0 Å². The first-order chi connectivity index (χ1) is 13.6. The molecule has 0 bridgehead atoms. The number of hydrogen-bond acceptors (Lipinski definition) is 5. The number of fused-ring (bicyclic) bond motifs is 1. The summed E-state index contributed by atoms with van der Waals surface area (Å²) in [5.74, 6) is 1.33. The molecule has 7 nitrogen and oxygen atoms in total. The van der Waals surface area contributed by atoms with E-state index in [1.54, 1.807) is 18.4 Å². The molecule has 1 aromatic heterocycles. The van der Waals surface area contributed by atoms with Crippen molar-refractivity contribution in [3.8, 4) is 0 Å². The number of carbonyl (C=O) groups is 1. The molecule has 28 heavy (non-hydrogen) atoms. The van der Waals surface area contributed by atoms with Crippen LogP contribution in [-0.2, 0) is 22.5 Å². The van der Waals surface area contributed by atoms with Crippen molar-refractivity contribution < 1.29 is 9.53 Å². The van der Waals surface area contributed by atoms with Crippen molar-refractivity contribution in [2.24, 2.45) is 10.9 Å². The van der Waals surface area contributed by atoms with Gasteiger partial charge in [-0.1, -0.05) is 13.8 Å². The number of nitrogens with one attached hydrogen (secondary N) is 2. The number of nitrogens with zero attached hydrogens (tertiary/aromatic N) is 3. The second kappa shape index (κ2) is 10.2. The number of thiophene rings is 1.